The summed E-state index contributed by atoms with van der Waals surface area (Å²) in [7, 11) is -2.42. The summed E-state index contributed by atoms with van der Waals surface area (Å²) >= 11 is 0. The second-order valence-electron chi connectivity index (χ2n) is 11.0. The number of likely N-dealkylation sites (tertiary alicyclic amines) is 1. The molecule has 0 unspecified atom stereocenters. The first-order valence-corrected chi connectivity index (χ1v) is 15.3. The van der Waals surface area contributed by atoms with E-state index in [0.717, 1.165) is 16.4 Å². The summed E-state index contributed by atoms with van der Waals surface area (Å²) in [6.45, 7) is 0.904. The van der Waals surface area contributed by atoms with Crippen molar-refractivity contribution in [3.63, 3.8) is 0 Å². The van der Waals surface area contributed by atoms with E-state index in [9.17, 15) is 36.7 Å². The van der Waals surface area contributed by atoms with Crippen LogP contribution in [0.4, 0.5) is 14.6 Å². The van der Waals surface area contributed by atoms with E-state index in [0.29, 0.717) is 30.4 Å². The average molecular weight is 656 g/mol. The van der Waals surface area contributed by atoms with Crippen LogP contribution in [0.15, 0.2) is 53.7 Å². The number of anilines is 1. The Morgan fingerprint density at radius 1 is 1.11 bits per heavy atom. The zero-order chi connectivity index (χ0) is 32.9. The van der Waals surface area contributed by atoms with E-state index in [1.54, 1.807) is 0 Å². The summed E-state index contributed by atoms with van der Waals surface area (Å²) in [6.07, 6.45) is 2.73. The van der Waals surface area contributed by atoms with Crippen LogP contribution in [0, 0.1) is 11.6 Å². The predicted octanol–water partition coefficient (Wildman–Crippen LogP) is 1.97. The normalized spacial score (nSPS) is 15.6. The van der Waals surface area contributed by atoms with Gasteiger partial charge < -0.3 is 25.5 Å². The van der Waals surface area contributed by atoms with Gasteiger partial charge in [-0.15, -0.1) is 0 Å². The van der Waals surface area contributed by atoms with Gasteiger partial charge in [0.1, 0.15) is 23.5 Å². The SMILES string of the molecule is CN1CC(Oc2cc(C(N)=O)c(C(=O)Nc3n[nH]c4c3CN(S(=O)(=O)c3cc(F)cc(F)c3)CC4)cc2-n2ccc(C(=O)O)c2)C1. The first kappa shape index (κ1) is 30.9. The van der Waals surface area contributed by atoms with Gasteiger partial charge in [-0.3, -0.25) is 19.6 Å². The largest absolute Gasteiger partial charge is 0.486 e. The van der Waals surface area contributed by atoms with Gasteiger partial charge in [0, 0.05) is 62.3 Å². The monoisotopic (exact) mass is 655 g/mol. The molecular formula is C29H27F2N7O7S. The molecule has 2 aliphatic rings. The van der Waals surface area contributed by atoms with E-state index in [2.05, 4.69) is 15.5 Å². The van der Waals surface area contributed by atoms with Gasteiger partial charge in [-0.2, -0.15) is 9.40 Å². The summed E-state index contributed by atoms with van der Waals surface area (Å²) in [5, 5.41) is 18.9. The second-order valence-corrected chi connectivity index (χ2v) is 12.9. The fourth-order valence-electron chi connectivity index (χ4n) is 5.41. The molecule has 1 saturated heterocycles. The van der Waals surface area contributed by atoms with Crippen LogP contribution in [0.3, 0.4) is 0 Å². The number of hydrogen-bond acceptors (Lipinski definition) is 8. The lowest BCUT2D eigenvalue weighted by atomic mass is 10.0. The second kappa shape index (κ2) is 11.7. The van der Waals surface area contributed by atoms with Crippen LogP contribution in [-0.2, 0) is 23.0 Å². The molecule has 2 aromatic heterocycles. The highest BCUT2D eigenvalue weighted by Gasteiger charge is 2.33. The van der Waals surface area contributed by atoms with Crippen LogP contribution in [0.5, 0.6) is 5.75 Å². The lowest BCUT2D eigenvalue weighted by Crippen LogP contribution is -2.51. The van der Waals surface area contributed by atoms with Gasteiger partial charge in [-0.25, -0.2) is 22.0 Å². The van der Waals surface area contributed by atoms with Crippen molar-refractivity contribution in [2.75, 3.05) is 32.0 Å². The molecule has 4 heterocycles. The Morgan fingerprint density at radius 2 is 1.83 bits per heavy atom. The van der Waals surface area contributed by atoms with E-state index < -0.39 is 44.3 Å². The summed E-state index contributed by atoms with van der Waals surface area (Å²) in [5.74, 6) is -4.86. The van der Waals surface area contributed by atoms with Crippen LogP contribution < -0.4 is 15.8 Å². The third-order valence-corrected chi connectivity index (χ3v) is 9.58. The topological polar surface area (TPSA) is 193 Å². The molecule has 0 atom stereocenters. The number of aromatic carboxylic acids is 1. The maximum atomic E-state index is 13.8. The molecule has 4 aromatic rings. The molecule has 2 aromatic carbocycles. The Balaban J connectivity index is 1.33. The van der Waals surface area contributed by atoms with Gasteiger partial charge in [0.05, 0.1) is 27.3 Å². The van der Waals surface area contributed by atoms with Crippen molar-refractivity contribution in [3.05, 3.63) is 88.4 Å². The van der Waals surface area contributed by atoms with Crippen LogP contribution in [0.2, 0.25) is 0 Å². The highest BCUT2D eigenvalue weighted by molar-refractivity contribution is 7.89. The molecule has 2 aliphatic heterocycles. The van der Waals surface area contributed by atoms with E-state index in [4.69, 9.17) is 10.5 Å². The lowest BCUT2D eigenvalue weighted by molar-refractivity contribution is 0.0387. The number of carboxylic acids is 1. The van der Waals surface area contributed by atoms with Crippen molar-refractivity contribution in [1.29, 1.82) is 0 Å². The number of benzene rings is 2. The number of fused-ring (bicyclic) bond motifs is 1. The summed E-state index contributed by atoms with van der Waals surface area (Å²) in [5.41, 5.74) is 6.38. The molecule has 17 heteroatoms. The minimum Gasteiger partial charge on any atom is -0.486 e. The van der Waals surface area contributed by atoms with Crippen molar-refractivity contribution >= 4 is 33.6 Å². The van der Waals surface area contributed by atoms with Crippen molar-refractivity contribution in [1.82, 2.24) is 24.0 Å². The number of halogens is 2. The number of H-pyrrole nitrogens is 1. The number of carboxylic acid groups (broad SMARTS) is 1. The van der Waals surface area contributed by atoms with Gasteiger partial charge >= 0.3 is 5.97 Å². The highest BCUT2D eigenvalue weighted by atomic mass is 32.2. The third-order valence-electron chi connectivity index (χ3n) is 7.76. The molecule has 1 fully saturated rings. The summed E-state index contributed by atoms with van der Waals surface area (Å²) in [4.78, 5) is 39.3. The molecule has 0 bridgehead atoms. The Kier molecular flexibility index (Phi) is 7.83. The number of nitrogens with one attached hydrogen (secondary N) is 2. The quantitative estimate of drug-likeness (QED) is 0.209. The number of hydrogen-bond donors (Lipinski definition) is 4. The van der Waals surface area contributed by atoms with Crippen molar-refractivity contribution in [3.8, 4) is 11.4 Å². The van der Waals surface area contributed by atoms with Gasteiger partial charge in [0.15, 0.2) is 5.82 Å². The first-order valence-electron chi connectivity index (χ1n) is 13.9. The van der Waals surface area contributed by atoms with Crippen LogP contribution in [-0.4, -0.2) is 88.1 Å². The number of carbonyl (C=O) groups is 3. The number of primary amides is 1. The number of ether oxygens (including phenoxy) is 1. The lowest BCUT2D eigenvalue weighted by Gasteiger charge is -2.36. The Labute approximate surface area is 260 Å². The number of carbonyl (C=O) groups excluding carboxylic acids is 2. The molecule has 240 valence electrons. The van der Waals surface area contributed by atoms with E-state index in [1.165, 1.54) is 35.2 Å². The summed E-state index contributed by atoms with van der Waals surface area (Å²) < 4.78 is 62.7. The molecule has 46 heavy (non-hydrogen) atoms. The van der Waals surface area contributed by atoms with Crippen molar-refractivity contribution in [2.24, 2.45) is 5.73 Å². The smallest absolute Gasteiger partial charge is 0.337 e. The summed E-state index contributed by atoms with van der Waals surface area (Å²) in [6, 6.07) is 6.02. The predicted molar refractivity (Wildman–Crippen MR) is 157 cm³/mol. The number of nitrogens with zero attached hydrogens (tertiary/aromatic N) is 4. The number of sulfonamides is 1. The van der Waals surface area contributed by atoms with Gasteiger partial charge in [0.2, 0.25) is 15.9 Å². The van der Waals surface area contributed by atoms with E-state index in [-0.39, 0.29) is 59.6 Å². The molecule has 5 N–H and O–H groups in total. The van der Waals surface area contributed by atoms with E-state index >= 15 is 0 Å². The molecule has 2 amide bonds. The molecule has 0 radical (unpaired) electrons. The number of likely N-dealkylation sites (N-methyl/N-ethyl adjacent to an activating group) is 1. The maximum Gasteiger partial charge on any atom is 0.337 e. The fraction of sp³-hybridized carbons (Fsp3) is 0.241. The van der Waals surface area contributed by atoms with Gasteiger partial charge in [-0.05, 0) is 37.4 Å². The molecule has 14 nitrogen and oxygen atoms in total. The van der Waals surface area contributed by atoms with Crippen molar-refractivity contribution in [2.45, 2.75) is 24.0 Å². The molecule has 6 rings (SSSR count). The standard InChI is InChI=1S/C29H27F2N7O7S/c1-36-12-18(13-36)45-25-10-20(26(32)39)21(9-24(25)37-4-2-15(11-37)29(41)42)28(40)33-27-22-14-38(5-3-23(22)34-35-27)46(43,44)19-7-16(30)6-17(31)8-19/h2,4,6-11,18H,3,5,12-14H2,1H3,(H2,32,39)(H,41,42)(H2,33,34,35,40). The van der Waals surface area contributed by atoms with Gasteiger partial charge in [-0.1, -0.05) is 0 Å². The third kappa shape index (κ3) is 5.82. The molecule has 0 aliphatic carbocycles. The Bertz CT molecular complexity index is 1980. The number of aromatic amines is 1. The zero-order valence-corrected chi connectivity index (χ0v) is 25.0. The number of nitrogens with two attached hydrogens (primary N) is 1. The molecule has 0 saturated carbocycles. The Hall–Kier alpha value is -5.13. The van der Waals surface area contributed by atoms with E-state index in [1.807, 2.05) is 11.9 Å². The highest BCUT2D eigenvalue weighted by Crippen LogP contribution is 2.33. The van der Waals surface area contributed by atoms with Crippen LogP contribution >= 0.6 is 0 Å². The number of aromatic nitrogens is 3. The van der Waals surface area contributed by atoms with Crippen LogP contribution in [0.1, 0.15) is 42.3 Å². The first-order chi connectivity index (χ1) is 21.8. The molecular weight excluding hydrogens is 628 g/mol. The fourth-order valence-corrected chi connectivity index (χ4v) is 6.86. The van der Waals surface area contributed by atoms with Gasteiger partial charge in [0.25, 0.3) is 5.91 Å². The minimum absolute atomic E-state index is 0.0221. The van der Waals surface area contributed by atoms with Crippen LogP contribution in [0.25, 0.3) is 5.69 Å². The minimum atomic E-state index is -4.32. The average Bonchev–Trinajstić information content (AvgIpc) is 3.63. The Morgan fingerprint density at radius 3 is 2.46 bits per heavy atom. The number of amides is 2. The zero-order valence-electron chi connectivity index (χ0n) is 24.2. The maximum absolute atomic E-state index is 13.8. The molecule has 0 spiro atoms. The number of rotatable bonds is 9. The van der Waals surface area contributed by atoms with Crippen molar-refractivity contribution < 1.29 is 41.4 Å².